The van der Waals surface area contributed by atoms with Crippen molar-refractivity contribution in [1.29, 1.82) is 0 Å². The third-order valence-electron chi connectivity index (χ3n) is 3.56. The van der Waals surface area contributed by atoms with Gasteiger partial charge in [0.2, 0.25) is 5.88 Å². The second-order valence-electron chi connectivity index (χ2n) is 4.86. The quantitative estimate of drug-likeness (QED) is 0.723. The van der Waals surface area contributed by atoms with Crippen LogP contribution in [0.4, 0.5) is 0 Å². The number of rotatable bonds is 3. The van der Waals surface area contributed by atoms with E-state index in [1.165, 1.54) is 21.6 Å². The van der Waals surface area contributed by atoms with E-state index in [0.717, 1.165) is 10.2 Å². The SMILES string of the molecule is Cc1ccccc1COc1ncnc2sc(C)c(C)c12. The summed E-state index contributed by atoms with van der Waals surface area (Å²) >= 11 is 1.69. The van der Waals surface area contributed by atoms with Crippen LogP contribution >= 0.6 is 11.3 Å². The van der Waals surface area contributed by atoms with Gasteiger partial charge in [-0.25, -0.2) is 9.97 Å². The van der Waals surface area contributed by atoms with Crippen LogP contribution < -0.4 is 4.74 Å². The first kappa shape index (κ1) is 13.1. The number of fused-ring (bicyclic) bond motifs is 1. The smallest absolute Gasteiger partial charge is 0.225 e. The van der Waals surface area contributed by atoms with Crippen LogP contribution in [-0.4, -0.2) is 9.97 Å². The van der Waals surface area contributed by atoms with Crippen molar-refractivity contribution in [2.45, 2.75) is 27.4 Å². The van der Waals surface area contributed by atoms with Crippen LogP contribution in [0.1, 0.15) is 21.6 Å². The average Bonchev–Trinajstić information content (AvgIpc) is 2.74. The van der Waals surface area contributed by atoms with Crippen molar-refractivity contribution in [2.75, 3.05) is 0 Å². The van der Waals surface area contributed by atoms with Crippen LogP contribution in [0, 0.1) is 20.8 Å². The summed E-state index contributed by atoms with van der Waals surface area (Å²) in [5, 5.41) is 1.04. The van der Waals surface area contributed by atoms with Crippen molar-refractivity contribution in [3.8, 4) is 5.88 Å². The van der Waals surface area contributed by atoms with Gasteiger partial charge in [0.15, 0.2) is 0 Å². The minimum atomic E-state index is 0.535. The number of aryl methyl sites for hydroxylation is 3. The molecule has 0 N–H and O–H groups in total. The number of aromatic nitrogens is 2. The maximum absolute atomic E-state index is 5.94. The van der Waals surface area contributed by atoms with Gasteiger partial charge in [-0.05, 0) is 37.5 Å². The Morgan fingerprint density at radius 3 is 2.70 bits per heavy atom. The molecular formula is C16H16N2OS. The molecule has 0 aliphatic carbocycles. The van der Waals surface area contributed by atoms with Gasteiger partial charge in [-0.3, -0.25) is 0 Å². The topological polar surface area (TPSA) is 35.0 Å². The highest BCUT2D eigenvalue weighted by Crippen LogP contribution is 2.33. The summed E-state index contributed by atoms with van der Waals surface area (Å²) in [5.74, 6) is 0.681. The first-order valence-electron chi connectivity index (χ1n) is 6.55. The predicted octanol–water partition coefficient (Wildman–Crippen LogP) is 4.20. The Labute approximate surface area is 122 Å². The Balaban J connectivity index is 1.94. The van der Waals surface area contributed by atoms with Crippen LogP contribution in [0.3, 0.4) is 0 Å². The molecule has 0 bridgehead atoms. The van der Waals surface area contributed by atoms with E-state index >= 15 is 0 Å². The first-order chi connectivity index (χ1) is 9.66. The Kier molecular flexibility index (Phi) is 3.40. The lowest BCUT2D eigenvalue weighted by Gasteiger charge is -2.08. The zero-order valence-electron chi connectivity index (χ0n) is 11.8. The molecule has 20 heavy (non-hydrogen) atoms. The molecule has 3 rings (SSSR count). The Morgan fingerprint density at radius 2 is 1.90 bits per heavy atom. The molecular weight excluding hydrogens is 268 g/mol. The van der Waals surface area contributed by atoms with Crippen molar-refractivity contribution in [2.24, 2.45) is 0 Å². The van der Waals surface area contributed by atoms with Gasteiger partial charge in [0.25, 0.3) is 0 Å². The van der Waals surface area contributed by atoms with E-state index in [-0.39, 0.29) is 0 Å². The summed E-state index contributed by atoms with van der Waals surface area (Å²) < 4.78 is 5.94. The summed E-state index contributed by atoms with van der Waals surface area (Å²) in [6.45, 7) is 6.83. The minimum absolute atomic E-state index is 0.535. The first-order valence-corrected chi connectivity index (χ1v) is 7.36. The molecule has 0 amide bonds. The fourth-order valence-corrected chi connectivity index (χ4v) is 3.17. The number of benzene rings is 1. The molecule has 3 nitrogen and oxygen atoms in total. The van der Waals surface area contributed by atoms with E-state index in [1.807, 2.05) is 12.1 Å². The lowest BCUT2D eigenvalue weighted by Crippen LogP contribution is -2.00. The second-order valence-corrected chi connectivity index (χ2v) is 6.06. The van der Waals surface area contributed by atoms with Crippen LogP contribution in [0.2, 0.25) is 0 Å². The third-order valence-corrected chi connectivity index (χ3v) is 4.67. The van der Waals surface area contributed by atoms with Gasteiger partial charge in [0.05, 0.1) is 5.39 Å². The fraction of sp³-hybridized carbons (Fsp3) is 0.250. The van der Waals surface area contributed by atoms with Crippen LogP contribution in [0.25, 0.3) is 10.2 Å². The maximum Gasteiger partial charge on any atom is 0.225 e. The van der Waals surface area contributed by atoms with Gasteiger partial charge in [-0.15, -0.1) is 11.3 Å². The Morgan fingerprint density at radius 1 is 1.10 bits per heavy atom. The molecule has 4 heteroatoms. The summed E-state index contributed by atoms with van der Waals surface area (Å²) in [7, 11) is 0. The minimum Gasteiger partial charge on any atom is -0.472 e. The van der Waals surface area contributed by atoms with Gasteiger partial charge in [-0.2, -0.15) is 0 Å². The van der Waals surface area contributed by atoms with Crippen molar-refractivity contribution in [1.82, 2.24) is 9.97 Å². The highest BCUT2D eigenvalue weighted by Gasteiger charge is 2.13. The number of thiophene rings is 1. The molecule has 0 spiro atoms. The third kappa shape index (κ3) is 2.27. The molecule has 0 fully saturated rings. The largest absolute Gasteiger partial charge is 0.472 e. The van der Waals surface area contributed by atoms with Crippen LogP contribution in [0.15, 0.2) is 30.6 Å². The molecule has 0 radical (unpaired) electrons. The molecule has 2 aromatic heterocycles. The average molecular weight is 284 g/mol. The van der Waals surface area contributed by atoms with Gasteiger partial charge >= 0.3 is 0 Å². The molecule has 0 aliphatic rings. The van der Waals surface area contributed by atoms with E-state index in [1.54, 1.807) is 17.7 Å². The normalized spacial score (nSPS) is 10.9. The monoisotopic (exact) mass is 284 g/mol. The molecule has 3 aromatic rings. The van der Waals surface area contributed by atoms with Crippen molar-refractivity contribution in [3.63, 3.8) is 0 Å². The molecule has 0 aliphatic heterocycles. The number of hydrogen-bond acceptors (Lipinski definition) is 4. The second kappa shape index (κ2) is 5.21. The molecule has 2 heterocycles. The van der Waals surface area contributed by atoms with Crippen LogP contribution in [-0.2, 0) is 6.61 Å². The molecule has 0 saturated carbocycles. The summed E-state index contributed by atoms with van der Waals surface area (Å²) in [6.07, 6.45) is 1.57. The number of hydrogen-bond donors (Lipinski definition) is 0. The lowest BCUT2D eigenvalue weighted by molar-refractivity contribution is 0.297. The molecule has 1 aromatic carbocycles. The zero-order valence-corrected chi connectivity index (χ0v) is 12.6. The molecule has 0 unspecified atom stereocenters. The van der Waals surface area contributed by atoms with Crippen LogP contribution in [0.5, 0.6) is 5.88 Å². The zero-order chi connectivity index (χ0) is 14.1. The predicted molar refractivity (Wildman–Crippen MR) is 82.4 cm³/mol. The standard InChI is InChI=1S/C16H16N2OS/c1-10-6-4-5-7-13(10)8-19-15-14-11(2)12(3)20-16(14)18-9-17-15/h4-7,9H,8H2,1-3H3. The summed E-state index contributed by atoms with van der Waals surface area (Å²) in [4.78, 5) is 10.9. The molecule has 0 saturated heterocycles. The van der Waals surface area contributed by atoms with Crippen molar-refractivity contribution >= 4 is 21.6 Å². The molecule has 102 valence electrons. The fourth-order valence-electron chi connectivity index (χ4n) is 2.18. The highest BCUT2D eigenvalue weighted by atomic mass is 32.1. The summed E-state index contributed by atoms with van der Waals surface area (Å²) in [6, 6.07) is 8.24. The van der Waals surface area contributed by atoms with E-state index in [4.69, 9.17) is 4.74 Å². The Bertz CT molecular complexity index is 764. The van der Waals surface area contributed by atoms with E-state index in [2.05, 4.69) is 42.9 Å². The van der Waals surface area contributed by atoms with Gasteiger partial charge in [-0.1, -0.05) is 24.3 Å². The van der Waals surface area contributed by atoms with Gasteiger partial charge in [0, 0.05) is 4.88 Å². The van der Waals surface area contributed by atoms with E-state index in [9.17, 15) is 0 Å². The highest BCUT2D eigenvalue weighted by molar-refractivity contribution is 7.18. The van der Waals surface area contributed by atoms with Crippen molar-refractivity contribution in [3.05, 3.63) is 52.2 Å². The Hall–Kier alpha value is -1.94. The number of nitrogens with zero attached hydrogens (tertiary/aromatic N) is 2. The number of ether oxygens (including phenoxy) is 1. The lowest BCUT2D eigenvalue weighted by atomic mass is 10.1. The van der Waals surface area contributed by atoms with E-state index < -0.39 is 0 Å². The van der Waals surface area contributed by atoms with Crippen molar-refractivity contribution < 1.29 is 4.74 Å². The maximum atomic E-state index is 5.94. The van der Waals surface area contributed by atoms with Gasteiger partial charge in [0.1, 0.15) is 17.8 Å². The van der Waals surface area contributed by atoms with E-state index in [0.29, 0.717) is 12.5 Å². The summed E-state index contributed by atoms with van der Waals surface area (Å²) in [5.41, 5.74) is 3.63. The van der Waals surface area contributed by atoms with Gasteiger partial charge < -0.3 is 4.74 Å². The molecule has 0 atom stereocenters.